The molecule has 1 atom stereocenters. The number of aromatic hydroxyl groups is 2. The first kappa shape index (κ1) is 17.3. The van der Waals surface area contributed by atoms with Crippen molar-refractivity contribution < 1.29 is 24.5 Å². The lowest BCUT2D eigenvalue weighted by molar-refractivity contribution is -0.146. The smallest absolute Gasteiger partial charge is 0.323 e. The quantitative estimate of drug-likeness (QED) is 0.361. The van der Waals surface area contributed by atoms with Crippen LogP contribution in [-0.4, -0.2) is 42.0 Å². The number of nitrogens with two attached hydrogens (primary N) is 1. The summed E-state index contributed by atoms with van der Waals surface area (Å²) < 4.78 is 10.3. The van der Waals surface area contributed by atoms with Gasteiger partial charge < -0.3 is 25.4 Å². The Balaban J connectivity index is 2.29. The number of benzene rings is 1. The highest BCUT2D eigenvalue weighted by Crippen LogP contribution is 2.25. The Morgan fingerprint density at radius 1 is 1.24 bits per heavy atom. The Labute approximate surface area is 124 Å². The van der Waals surface area contributed by atoms with E-state index >= 15 is 0 Å². The highest BCUT2D eigenvalue weighted by atomic mass is 16.6. The molecule has 1 aromatic carbocycles. The minimum absolute atomic E-state index is 0.178. The second-order valence-electron chi connectivity index (χ2n) is 4.77. The van der Waals surface area contributed by atoms with Crippen molar-refractivity contribution in [2.24, 2.45) is 5.73 Å². The minimum Gasteiger partial charge on any atom is -0.504 e. The van der Waals surface area contributed by atoms with Gasteiger partial charge in [-0.15, -0.1) is 0 Å². The lowest BCUT2D eigenvalue weighted by Crippen LogP contribution is -2.35. The van der Waals surface area contributed by atoms with E-state index in [1.165, 1.54) is 12.1 Å². The lowest BCUT2D eigenvalue weighted by Gasteiger charge is -2.12. The van der Waals surface area contributed by atoms with Gasteiger partial charge in [-0.2, -0.15) is 0 Å². The van der Waals surface area contributed by atoms with Gasteiger partial charge in [-0.05, 0) is 30.5 Å². The molecule has 0 heterocycles. The highest BCUT2D eigenvalue weighted by Gasteiger charge is 2.16. The van der Waals surface area contributed by atoms with Crippen LogP contribution in [0.1, 0.15) is 25.3 Å². The average Bonchev–Trinajstić information content (AvgIpc) is 2.46. The Morgan fingerprint density at radius 3 is 2.67 bits per heavy atom. The molecule has 0 aromatic heterocycles. The topological polar surface area (TPSA) is 102 Å². The van der Waals surface area contributed by atoms with Crippen molar-refractivity contribution in [3.63, 3.8) is 0 Å². The SMILES string of the molecule is CCCCOCCOC(=O)C(N)Cc1ccc(O)c(O)c1. The summed E-state index contributed by atoms with van der Waals surface area (Å²) in [5, 5.41) is 18.6. The van der Waals surface area contributed by atoms with Crippen molar-refractivity contribution in [3.05, 3.63) is 23.8 Å². The third-order valence-corrected chi connectivity index (χ3v) is 2.91. The van der Waals surface area contributed by atoms with E-state index in [9.17, 15) is 15.0 Å². The fourth-order valence-electron chi connectivity index (χ4n) is 1.69. The van der Waals surface area contributed by atoms with Gasteiger partial charge in [-0.1, -0.05) is 19.4 Å². The summed E-state index contributed by atoms with van der Waals surface area (Å²) >= 11 is 0. The number of phenolic OH excluding ortho intramolecular Hbond substituents is 2. The maximum absolute atomic E-state index is 11.7. The molecular weight excluding hydrogens is 274 g/mol. The van der Waals surface area contributed by atoms with E-state index in [0.29, 0.717) is 18.8 Å². The van der Waals surface area contributed by atoms with Crippen LogP contribution in [0.3, 0.4) is 0 Å². The predicted octanol–water partition coefficient (Wildman–Crippen LogP) is 1.33. The van der Waals surface area contributed by atoms with E-state index in [4.69, 9.17) is 15.2 Å². The summed E-state index contributed by atoms with van der Waals surface area (Å²) in [6, 6.07) is 3.50. The van der Waals surface area contributed by atoms with Crippen molar-refractivity contribution in [1.29, 1.82) is 0 Å². The number of esters is 1. The number of phenols is 2. The predicted molar refractivity (Wildman–Crippen MR) is 78.1 cm³/mol. The first-order chi connectivity index (χ1) is 10.0. The third kappa shape index (κ3) is 6.46. The van der Waals surface area contributed by atoms with Crippen LogP contribution >= 0.6 is 0 Å². The van der Waals surface area contributed by atoms with E-state index in [-0.39, 0.29) is 24.5 Å². The number of carbonyl (C=O) groups is 1. The summed E-state index contributed by atoms with van der Waals surface area (Å²) in [7, 11) is 0. The maximum Gasteiger partial charge on any atom is 0.323 e. The van der Waals surface area contributed by atoms with E-state index in [0.717, 1.165) is 12.8 Å². The number of unbranched alkanes of at least 4 members (excludes halogenated alkanes) is 1. The van der Waals surface area contributed by atoms with E-state index in [1.807, 2.05) is 0 Å². The fourth-order valence-corrected chi connectivity index (χ4v) is 1.69. The molecule has 1 rings (SSSR count). The Kier molecular flexibility index (Phi) is 7.56. The molecule has 0 bridgehead atoms. The van der Waals surface area contributed by atoms with Gasteiger partial charge in [0.05, 0.1) is 6.61 Å². The summed E-state index contributed by atoms with van der Waals surface area (Å²) in [6.45, 7) is 3.27. The van der Waals surface area contributed by atoms with Gasteiger partial charge >= 0.3 is 5.97 Å². The molecule has 118 valence electrons. The van der Waals surface area contributed by atoms with Crippen LogP contribution in [0.4, 0.5) is 0 Å². The van der Waals surface area contributed by atoms with Crippen molar-refractivity contribution in [3.8, 4) is 11.5 Å². The van der Waals surface area contributed by atoms with Crippen molar-refractivity contribution in [2.45, 2.75) is 32.2 Å². The number of hydrogen-bond acceptors (Lipinski definition) is 6. The molecule has 0 aliphatic rings. The normalized spacial score (nSPS) is 12.1. The van der Waals surface area contributed by atoms with Gasteiger partial charge in [0.15, 0.2) is 11.5 Å². The molecule has 0 saturated carbocycles. The van der Waals surface area contributed by atoms with Crippen molar-refractivity contribution >= 4 is 5.97 Å². The van der Waals surface area contributed by atoms with Gasteiger partial charge in [-0.25, -0.2) is 0 Å². The molecule has 4 N–H and O–H groups in total. The van der Waals surface area contributed by atoms with Gasteiger partial charge in [0.2, 0.25) is 0 Å². The molecule has 0 aliphatic heterocycles. The third-order valence-electron chi connectivity index (χ3n) is 2.91. The Bertz CT molecular complexity index is 450. The van der Waals surface area contributed by atoms with Crippen LogP contribution < -0.4 is 5.73 Å². The Hall–Kier alpha value is -1.79. The summed E-state index contributed by atoms with van der Waals surface area (Å²) in [6.07, 6.45) is 2.27. The summed E-state index contributed by atoms with van der Waals surface area (Å²) in [5.74, 6) is -0.960. The van der Waals surface area contributed by atoms with Crippen molar-refractivity contribution in [2.75, 3.05) is 19.8 Å². The largest absolute Gasteiger partial charge is 0.504 e. The average molecular weight is 297 g/mol. The fraction of sp³-hybridized carbons (Fsp3) is 0.533. The zero-order valence-corrected chi connectivity index (χ0v) is 12.2. The first-order valence-corrected chi connectivity index (χ1v) is 7.05. The number of hydrogen-bond donors (Lipinski definition) is 3. The molecule has 0 fully saturated rings. The molecule has 0 aliphatic carbocycles. The van der Waals surface area contributed by atoms with Gasteiger partial charge in [0.25, 0.3) is 0 Å². The number of carbonyl (C=O) groups excluding carboxylic acids is 1. The van der Waals surface area contributed by atoms with E-state index in [2.05, 4.69) is 6.92 Å². The molecular formula is C15H23NO5. The highest BCUT2D eigenvalue weighted by molar-refractivity contribution is 5.75. The number of ether oxygens (including phenoxy) is 2. The molecule has 0 radical (unpaired) electrons. The summed E-state index contributed by atoms with van der Waals surface area (Å²) in [5.41, 5.74) is 6.39. The first-order valence-electron chi connectivity index (χ1n) is 7.05. The van der Waals surface area contributed by atoms with E-state index in [1.54, 1.807) is 6.07 Å². The van der Waals surface area contributed by atoms with Crippen LogP contribution in [0.2, 0.25) is 0 Å². The molecule has 0 amide bonds. The van der Waals surface area contributed by atoms with Crippen LogP contribution in [0.5, 0.6) is 11.5 Å². The molecule has 1 aromatic rings. The maximum atomic E-state index is 11.7. The number of rotatable bonds is 9. The molecule has 1 unspecified atom stereocenters. The monoisotopic (exact) mass is 297 g/mol. The second kappa shape index (κ2) is 9.20. The Morgan fingerprint density at radius 2 is 2.00 bits per heavy atom. The van der Waals surface area contributed by atoms with Crippen LogP contribution in [0.25, 0.3) is 0 Å². The van der Waals surface area contributed by atoms with Crippen LogP contribution in [0.15, 0.2) is 18.2 Å². The van der Waals surface area contributed by atoms with E-state index < -0.39 is 12.0 Å². The van der Waals surface area contributed by atoms with Gasteiger partial charge in [0.1, 0.15) is 12.6 Å². The molecule has 6 nitrogen and oxygen atoms in total. The summed E-state index contributed by atoms with van der Waals surface area (Å²) in [4.78, 5) is 11.7. The van der Waals surface area contributed by atoms with Crippen LogP contribution in [0, 0.1) is 0 Å². The molecule has 0 saturated heterocycles. The van der Waals surface area contributed by atoms with Crippen LogP contribution in [-0.2, 0) is 20.7 Å². The zero-order chi connectivity index (χ0) is 15.7. The second-order valence-corrected chi connectivity index (χ2v) is 4.77. The molecule has 6 heteroatoms. The lowest BCUT2D eigenvalue weighted by atomic mass is 10.1. The van der Waals surface area contributed by atoms with Gasteiger partial charge in [0, 0.05) is 6.61 Å². The van der Waals surface area contributed by atoms with Crippen molar-refractivity contribution in [1.82, 2.24) is 0 Å². The minimum atomic E-state index is -0.815. The van der Waals surface area contributed by atoms with Gasteiger partial charge in [-0.3, -0.25) is 4.79 Å². The zero-order valence-electron chi connectivity index (χ0n) is 12.2. The standard InChI is InChI=1S/C15H23NO5/c1-2-3-6-20-7-8-21-15(19)12(16)9-11-4-5-13(17)14(18)10-11/h4-5,10,12,17-18H,2-3,6-9,16H2,1H3. The molecule has 0 spiro atoms. The molecule has 21 heavy (non-hydrogen) atoms.